The molecule has 1 rings (SSSR count). The van der Waals surface area contributed by atoms with Crippen LogP contribution in [0.3, 0.4) is 0 Å². The van der Waals surface area contributed by atoms with Crippen molar-refractivity contribution in [3.8, 4) is 11.5 Å². The molecule has 0 radical (unpaired) electrons. The van der Waals surface area contributed by atoms with Crippen LogP contribution in [0.5, 0.6) is 11.5 Å². The molecule has 1 atom stereocenters. The number of nitrogens with one attached hydrogen (secondary N) is 1. The molecule has 1 unspecified atom stereocenters. The Labute approximate surface area is 185 Å². The molecule has 30 heavy (non-hydrogen) atoms. The number of rotatable bonds is 9. The normalized spacial score (nSPS) is 11.9. The average molecular weight is 446 g/mol. The van der Waals surface area contributed by atoms with E-state index in [0.717, 1.165) is 6.42 Å². The van der Waals surface area contributed by atoms with Crippen molar-refractivity contribution >= 4 is 24.6 Å². The highest BCUT2D eigenvalue weighted by Crippen LogP contribution is 2.28. The van der Waals surface area contributed by atoms with E-state index >= 15 is 0 Å². The highest BCUT2D eigenvalue weighted by atomic mass is 35.5. The number of aliphatic hydroxyl groups excluding tert-OH is 1. The van der Waals surface area contributed by atoms with E-state index < -0.39 is 18.3 Å². The van der Waals surface area contributed by atoms with E-state index in [4.69, 9.17) is 9.47 Å². The van der Waals surface area contributed by atoms with Gasteiger partial charge in [0.25, 0.3) is 0 Å². The van der Waals surface area contributed by atoms with Crippen molar-refractivity contribution in [2.24, 2.45) is 0 Å². The number of aliphatic hydroxyl groups is 1. The maximum atomic E-state index is 12.1. The second kappa shape index (κ2) is 12.6. The summed E-state index contributed by atoms with van der Waals surface area (Å²) in [5.74, 6) is 0.395. The van der Waals surface area contributed by atoms with Gasteiger partial charge in [0, 0.05) is 45.3 Å². The van der Waals surface area contributed by atoms with Gasteiger partial charge in [-0.2, -0.15) is 0 Å². The van der Waals surface area contributed by atoms with Gasteiger partial charge in [-0.25, -0.2) is 9.59 Å². The maximum absolute atomic E-state index is 12.1. The molecular weight excluding hydrogens is 410 g/mol. The zero-order valence-electron chi connectivity index (χ0n) is 19.0. The third kappa shape index (κ3) is 8.77. The lowest BCUT2D eigenvalue weighted by molar-refractivity contribution is 0.155. The lowest BCUT2D eigenvalue weighted by Crippen LogP contribution is -2.40. The molecule has 0 heterocycles. The molecule has 1 aromatic carbocycles. The van der Waals surface area contributed by atoms with E-state index in [1.807, 2.05) is 27.7 Å². The molecule has 0 aliphatic carbocycles. The Morgan fingerprint density at radius 2 is 1.43 bits per heavy atom. The first-order valence-corrected chi connectivity index (χ1v) is 9.96. The van der Waals surface area contributed by atoms with E-state index in [2.05, 4.69) is 12.2 Å². The van der Waals surface area contributed by atoms with Crippen molar-refractivity contribution in [2.75, 3.05) is 33.7 Å². The van der Waals surface area contributed by atoms with E-state index in [0.29, 0.717) is 25.2 Å². The van der Waals surface area contributed by atoms with Crippen LogP contribution in [0.1, 0.15) is 52.7 Å². The lowest BCUT2D eigenvalue weighted by atomic mass is 10.0. The van der Waals surface area contributed by atoms with Gasteiger partial charge in [0.2, 0.25) is 0 Å². The van der Waals surface area contributed by atoms with Crippen molar-refractivity contribution in [3.63, 3.8) is 0 Å². The summed E-state index contributed by atoms with van der Waals surface area (Å²) in [6, 6.07) is 4.61. The second-order valence-electron chi connectivity index (χ2n) is 7.64. The molecule has 172 valence electrons. The quantitative estimate of drug-likeness (QED) is 0.600. The first-order chi connectivity index (χ1) is 13.5. The number of β-amino-alcohol motifs (C(OH)–C–C–N with tert-alkyl or cyclic N) is 1. The standard InChI is InChI=1S/C21H35N3O5.ClH/c1-8-21(4,5)22-14-18(25)15-11-16(28-19(26)23(6)9-2)13-17(12-15)29-20(27)24(7)10-3;/h11-13,18,22,25H,8-10,14H2,1-7H3;1H. The summed E-state index contributed by atoms with van der Waals surface area (Å²) >= 11 is 0. The van der Waals surface area contributed by atoms with Gasteiger partial charge in [-0.05, 0) is 51.8 Å². The largest absolute Gasteiger partial charge is 0.414 e. The van der Waals surface area contributed by atoms with E-state index in [-0.39, 0.29) is 29.4 Å². The summed E-state index contributed by atoms with van der Waals surface area (Å²) in [4.78, 5) is 27.1. The summed E-state index contributed by atoms with van der Waals surface area (Å²) in [5.41, 5.74) is 0.351. The van der Waals surface area contributed by atoms with Crippen molar-refractivity contribution in [3.05, 3.63) is 23.8 Å². The molecule has 0 bridgehead atoms. The van der Waals surface area contributed by atoms with Gasteiger partial charge < -0.3 is 29.7 Å². The molecule has 0 aliphatic heterocycles. The molecule has 0 saturated heterocycles. The van der Waals surface area contributed by atoms with Crippen LogP contribution in [0.2, 0.25) is 0 Å². The van der Waals surface area contributed by atoms with Crippen LogP contribution in [-0.2, 0) is 0 Å². The molecule has 0 fully saturated rings. The molecule has 0 spiro atoms. The highest BCUT2D eigenvalue weighted by molar-refractivity contribution is 5.85. The Morgan fingerprint density at radius 3 is 1.80 bits per heavy atom. The fraction of sp³-hybridized carbons (Fsp3) is 0.619. The molecule has 0 aromatic heterocycles. The first kappa shape index (κ1) is 28.0. The van der Waals surface area contributed by atoms with Gasteiger partial charge in [0.05, 0.1) is 6.10 Å². The minimum absolute atomic E-state index is 0. The van der Waals surface area contributed by atoms with E-state index in [1.165, 1.54) is 15.9 Å². The monoisotopic (exact) mass is 445 g/mol. The Balaban J connectivity index is 0.00000841. The van der Waals surface area contributed by atoms with Crippen LogP contribution >= 0.6 is 12.4 Å². The zero-order valence-corrected chi connectivity index (χ0v) is 19.8. The molecule has 0 saturated carbocycles. The third-order valence-electron chi connectivity index (χ3n) is 4.93. The number of amides is 2. The molecular formula is C21H36ClN3O5. The Hall–Kier alpha value is -2.03. The fourth-order valence-corrected chi connectivity index (χ4v) is 2.14. The van der Waals surface area contributed by atoms with Crippen molar-refractivity contribution in [1.82, 2.24) is 15.1 Å². The number of halogens is 1. The number of ether oxygens (including phenoxy) is 2. The number of carbonyl (C=O) groups excluding carboxylic acids is 2. The van der Waals surface area contributed by atoms with Crippen LogP contribution in [0.25, 0.3) is 0 Å². The van der Waals surface area contributed by atoms with Crippen LogP contribution < -0.4 is 14.8 Å². The van der Waals surface area contributed by atoms with E-state index in [9.17, 15) is 14.7 Å². The molecule has 2 amide bonds. The average Bonchev–Trinajstić information content (AvgIpc) is 2.70. The highest BCUT2D eigenvalue weighted by Gasteiger charge is 2.20. The number of nitrogens with zero attached hydrogens (tertiary/aromatic N) is 2. The van der Waals surface area contributed by atoms with Crippen LogP contribution in [0, 0.1) is 0 Å². The van der Waals surface area contributed by atoms with Gasteiger partial charge in [0.1, 0.15) is 11.5 Å². The Morgan fingerprint density at radius 1 is 1.00 bits per heavy atom. The van der Waals surface area contributed by atoms with E-state index in [1.54, 1.807) is 26.2 Å². The minimum Gasteiger partial charge on any atom is -0.410 e. The molecule has 8 nitrogen and oxygen atoms in total. The van der Waals surface area contributed by atoms with Crippen LogP contribution in [0.15, 0.2) is 18.2 Å². The second-order valence-corrected chi connectivity index (χ2v) is 7.64. The van der Waals surface area contributed by atoms with Gasteiger partial charge in [-0.15, -0.1) is 12.4 Å². The Kier molecular flexibility index (Phi) is 11.8. The third-order valence-corrected chi connectivity index (χ3v) is 4.93. The number of carbonyl (C=O) groups is 2. The predicted molar refractivity (Wildman–Crippen MR) is 120 cm³/mol. The van der Waals surface area contributed by atoms with Crippen molar-refractivity contribution in [2.45, 2.75) is 52.7 Å². The summed E-state index contributed by atoms with van der Waals surface area (Å²) < 4.78 is 10.8. The smallest absolute Gasteiger partial charge is 0.410 e. The van der Waals surface area contributed by atoms with Gasteiger partial charge in [0.15, 0.2) is 0 Å². The molecule has 9 heteroatoms. The van der Waals surface area contributed by atoms with Crippen molar-refractivity contribution in [1.29, 1.82) is 0 Å². The first-order valence-electron chi connectivity index (χ1n) is 9.96. The SMILES string of the molecule is CCN(C)C(=O)Oc1cc(OC(=O)N(C)CC)cc(C(O)CNC(C)(C)CC)c1.Cl. The number of benzene rings is 1. The van der Waals surface area contributed by atoms with Crippen LogP contribution in [0.4, 0.5) is 9.59 Å². The summed E-state index contributed by atoms with van der Waals surface area (Å²) in [6.07, 6.45) is -1.04. The predicted octanol–water partition coefficient (Wildman–Crippen LogP) is 3.82. The zero-order chi connectivity index (χ0) is 22.2. The fourth-order valence-electron chi connectivity index (χ4n) is 2.14. The van der Waals surface area contributed by atoms with Gasteiger partial charge in [-0.3, -0.25) is 0 Å². The molecule has 1 aromatic rings. The number of hydrogen-bond donors (Lipinski definition) is 2. The van der Waals surface area contributed by atoms with Crippen LogP contribution in [-0.4, -0.2) is 66.4 Å². The number of hydrogen-bond acceptors (Lipinski definition) is 6. The Bertz CT molecular complexity index is 657. The minimum atomic E-state index is -0.871. The summed E-state index contributed by atoms with van der Waals surface area (Å²) in [6.45, 7) is 11.1. The van der Waals surface area contributed by atoms with Gasteiger partial charge >= 0.3 is 12.2 Å². The summed E-state index contributed by atoms with van der Waals surface area (Å²) in [7, 11) is 3.24. The lowest BCUT2D eigenvalue weighted by Gasteiger charge is -2.26. The van der Waals surface area contributed by atoms with Gasteiger partial charge in [-0.1, -0.05) is 6.92 Å². The topological polar surface area (TPSA) is 91.3 Å². The van der Waals surface area contributed by atoms with Crippen molar-refractivity contribution < 1.29 is 24.2 Å². The molecule has 0 aliphatic rings. The maximum Gasteiger partial charge on any atom is 0.414 e. The molecule has 2 N–H and O–H groups in total. The summed E-state index contributed by atoms with van der Waals surface area (Å²) in [5, 5.41) is 13.9.